The lowest BCUT2D eigenvalue weighted by Crippen LogP contribution is -2.29. The molecule has 0 saturated carbocycles. The van der Waals surface area contributed by atoms with E-state index in [1.807, 2.05) is 36.4 Å². The van der Waals surface area contributed by atoms with Gasteiger partial charge in [0.15, 0.2) is 0 Å². The summed E-state index contributed by atoms with van der Waals surface area (Å²) >= 11 is 0. The smallest absolute Gasteiger partial charge is 0.241 e. The number of allylic oxidation sites excluding steroid dienone is 1. The van der Waals surface area contributed by atoms with Crippen molar-refractivity contribution in [2.75, 3.05) is 0 Å². The monoisotopic (exact) mass is 290 g/mol. The van der Waals surface area contributed by atoms with Crippen molar-refractivity contribution in [3.05, 3.63) is 60.6 Å². The van der Waals surface area contributed by atoms with Crippen LogP contribution in [0.15, 0.2) is 55.0 Å². The van der Waals surface area contributed by atoms with Gasteiger partial charge in [-0.3, -0.25) is 0 Å². The quantitative estimate of drug-likeness (QED) is 0.395. The molecule has 0 N–H and O–H groups in total. The van der Waals surface area contributed by atoms with E-state index in [2.05, 4.69) is 40.1 Å². The number of benzene rings is 1. The lowest BCUT2D eigenvalue weighted by molar-refractivity contribution is 0.201. The summed E-state index contributed by atoms with van der Waals surface area (Å²) in [7, 11) is -1.67. The van der Waals surface area contributed by atoms with Crippen molar-refractivity contribution in [3.63, 3.8) is 0 Å². The molecule has 20 heavy (non-hydrogen) atoms. The van der Waals surface area contributed by atoms with Gasteiger partial charge in [0.2, 0.25) is 8.32 Å². The van der Waals surface area contributed by atoms with Crippen molar-refractivity contribution in [2.24, 2.45) is 5.41 Å². The van der Waals surface area contributed by atoms with Crippen LogP contribution in [0, 0.1) is 5.41 Å². The van der Waals surface area contributed by atoms with Gasteiger partial charge in [-0.15, -0.1) is 6.58 Å². The van der Waals surface area contributed by atoms with Crippen molar-refractivity contribution >= 4 is 8.32 Å². The Bertz CT molecular complexity index is 456. The van der Waals surface area contributed by atoms with Crippen LogP contribution in [0.3, 0.4) is 0 Å². The predicted octanol–water partition coefficient (Wildman–Crippen LogP) is 5.11. The van der Waals surface area contributed by atoms with E-state index in [1.165, 1.54) is 0 Å². The molecule has 0 amide bonds. The molecule has 0 unspecified atom stereocenters. The fraction of sp³-hybridized carbons (Fsp3) is 0.412. The van der Waals surface area contributed by atoms with Crippen LogP contribution in [0.1, 0.15) is 19.4 Å². The van der Waals surface area contributed by atoms with Crippen molar-refractivity contribution in [1.29, 1.82) is 0 Å². The molecule has 0 bridgehead atoms. The van der Waals surface area contributed by atoms with Gasteiger partial charge in [-0.1, -0.05) is 36.4 Å². The van der Waals surface area contributed by atoms with Crippen LogP contribution in [-0.4, -0.2) is 8.32 Å². The lowest BCUT2D eigenvalue weighted by Gasteiger charge is -2.30. The third-order valence-corrected chi connectivity index (χ3v) is 3.68. The van der Waals surface area contributed by atoms with Crippen LogP contribution >= 0.6 is 0 Å². The summed E-state index contributed by atoms with van der Waals surface area (Å²) < 4.78 is 11.8. The first-order valence-electron chi connectivity index (χ1n) is 6.93. The minimum atomic E-state index is -1.67. The van der Waals surface area contributed by atoms with Crippen molar-refractivity contribution in [2.45, 2.75) is 40.1 Å². The number of hydrogen-bond acceptors (Lipinski definition) is 2. The van der Waals surface area contributed by atoms with Gasteiger partial charge in [0.25, 0.3) is 0 Å². The second-order valence-electron chi connectivity index (χ2n) is 6.42. The zero-order valence-electron chi connectivity index (χ0n) is 13.3. The molecule has 0 atom stereocenters. The van der Waals surface area contributed by atoms with E-state index in [-0.39, 0.29) is 5.41 Å². The minimum absolute atomic E-state index is 0.225. The maximum Gasteiger partial charge on any atom is 0.241 e. The van der Waals surface area contributed by atoms with Crippen LogP contribution in [0.4, 0.5) is 0 Å². The second-order valence-corrected chi connectivity index (χ2v) is 10.8. The molecule has 2 nitrogen and oxygen atoms in total. The molecular weight excluding hydrogens is 264 g/mol. The molecule has 1 aromatic carbocycles. The zero-order chi connectivity index (χ0) is 15.2. The van der Waals surface area contributed by atoms with Gasteiger partial charge >= 0.3 is 0 Å². The molecule has 0 aliphatic heterocycles. The summed E-state index contributed by atoms with van der Waals surface area (Å²) in [5.41, 5.74) is 0.921. The maximum absolute atomic E-state index is 6.14. The Morgan fingerprint density at radius 3 is 2.30 bits per heavy atom. The first-order valence-corrected chi connectivity index (χ1v) is 10.3. The molecular formula is C17H26O2Si. The van der Waals surface area contributed by atoms with Crippen LogP contribution in [0.2, 0.25) is 19.6 Å². The zero-order valence-corrected chi connectivity index (χ0v) is 14.3. The van der Waals surface area contributed by atoms with Crippen molar-refractivity contribution in [3.8, 4) is 0 Å². The van der Waals surface area contributed by atoms with Crippen molar-refractivity contribution < 1.29 is 9.16 Å². The Balaban J connectivity index is 2.77. The molecule has 1 rings (SSSR count). The fourth-order valence-corrected chi connectivity index (χ4v) is 2.50. The van der Waals surface area contributed by atoms with Crippen LogP contribution < -0.4 is 0 Å². The highest BCUT2D eigenvalue weighted by molar-refractivity contribution is 6.70. The molecule has 3 heteroatoms. The number of hydrogen-bond donors (Lipinski definition) is 0. The molecule has 0 aliphatic rings. The molecule has 0 radical (unpaired) electrons. The fourth-order valence-electron chi connectivity index (χ4n) is 1.53. The summed E-state index contributed by atoms with van der Waals surface area (Å²) in [6.45, 7) is 15.1. The molecule has 0 aliphatic carbocycles. The normalized spacial score (nSPS) is 12.9. The minimum Gasteiger partial charge on any atom is -0.545 e. The Labute approximate surface area is 124 Å². The Morgan fingerprint density at radius 2 is 1.80 bits per heavy atom. The largest absolute Gasteiger partial charge is 0.545 e. The topological polar surface area (TPSA) is 18.5 Å². The predicted molar refractivity (Wildman–Crippen MR) is 87.7 cm³/mol. The van der Waals surface area contributed by atoms with E-state index in [0.717, 1.165) is 11.3 Å². The molecule has 0 fully saturated rings. The number of rotatable bonds is 7. The molecule has 0 heterocycles. The molecule has 0 spiro atoms. The van der Waals surface area contributed by atoms with Crippen LogP contribution in [-0.2, 0) is 15.8 Å². The van der Waals surface area contributed by atoms with E-state index in [4.69, 9.17) is 9.16 Å². The summed E-state index contributed by atoms with van der Waals surface area (Å²) in [5.74, 6) is 0.850. The number of ether oxygens (including phenoxy) is 1. The highest BCUT2D eigenvalue weighted by Gasteiger charge is 2.27. The molecule has 0 saturated heterocycles. The van der Waals surface area contributed by atoms with Crippen LogP contribution in [0.25, 0.3) is 0 Å². The Morgan fingerprint density at radius 1 is 1.20 bits per heavy atom. The Hall–Kier alpha value is -1.48. The highest BCUT2D eigenvalue weighted by atomic mass is 28.4. The van der Waals surface area contributed by atoms with E-state index in [1.54, 1.807) is 6.26 Å². The molecule has 0 aromatic heterocycles. The van der Waals surface area contributed by atoms with E-state index in [9.17, 15) is 0 Å². The SMILES string of the molecule is C=CC(C)(C)/C(=C/OCc1ccccc1)O[Si](C)(C)C. The lowest BCUT2D eigenvalue weighted by atomic mass is 9.92. The van der Waals surface area contributed by atoms with Gasteiger partial charge in [0, 0.05) is 5.41 Å². The van der Waals surface area contributed by atoms with E-state index < -0.39 is 8.32 Å². The van der Waals surface area contributed by atoms with Gasteiger partial charge in [-0.2, -0.15) is 0 Å². The van der Waals surface area contributed by atoms with Gasteiger partial charge < -0.3 is 9.16 Å². The summed E-state index contributed by atoms with van der Waals surface area (Å²) in [5, 5.41) is 0. The first-order chi connectivity index (χ1) is 9.24. The summed E-state index contributed by atoms with van der Waals surface area (Å²) in [6.07, 6.45) is 3.64. The van der Waals surface area contributed by atoms with E-state index >= 15 is 0 Å². The highest BCUT2D eigenvalue weighted by Crippen LogP contribution is 2.31. The average molecular weight is 290 g/mol. The summed E-state index contributed by atoms with van der Waals surface area (Å²) in [4.78, 5) is 0. The van der Waals surface area contributed by atoms with E-state index in [0.29, 0.717) is 6.61 Å². The standard InChI is InChI=1S/C17H26O2Si/c1-7-17(2,3)16(19-20(4,5)6)14-18-13-15-11-9-8-10-12-15/h7-12,14H,1,13H2,2-6H3/b16-14-. The third kappa shape index (κ3) is 5.66. The maximum atomic E-state index is 6.14. The first kappa shape index (κ1) is 16.6. The van der Waals surface area contributed by atoms with Gasteiger partial charge in [-0.05, 0) is 39.1 Å². The Kier molecular flexibility index (Phi) is 5.63. The summed E-state index contributed by atoms with van der Waals surface area (Å²) in [6, 6.07) is 10.1. The van der Waals surface area contributed by atoms with Crippen LogP contribution in [0.5, 0.6) is 0 Å². The molecule has 1 aromatic rings. The van der Waals surface area contributed by atoms with Gasteiger partial charge in [0.05, 0.1) is 0 Å². The van der Waals surface area contributed by atoms with Crippen molar-refractivity contribution in [1.82, 2.24) is 0 Å². The second kappa shape index (κ2) is 6.80. The molecule has 110 valence electrons. The average Bonchev–Trinajstić information content (AvgIpc) is 2.37. The van der Waals surface area contributed by atoms with Gasteiger partial charge in [0.1, 0.15) is 18.6 Å². The van der Waals surface area contributed by atoms with Gasteiger partial charge in [-0.25, -0.2) is 0 Å². The third-order valence-electron chi connectivity index (χ3n) is 2.84.